The Hall–Kier alpha value is -6.28. The Balaban J connectivity index is 1.26. The zero-order valence-corrected chi connectivity index (χ0v) is 42.1. The second-order valence-corrected chi connectivity index (χ2v) is 19.6. The van der Waals surface area contributed by atoms with Crippen molar-refractivity contribution in [1.82, 2.24) is 10.6 Å². The van der Waals surface area contributed by atoms with Gasteiger partial charge in [0, 0.05) is 35.8 Å². The molecule has 10 atom stereocenters. The number of fused-ring (bicyclic) bond motifs is 2. The van der Waals surface area contributed by atoms with Gasteiger partial charge in [-0.2, -0.15) is 0 Å². The summed E-state index contributed by atoms with van der Waals surface area (Å²) in [6, 6.07) is 21.5. The number of aliphatic hydroxyl groups excluding tert-OH is 2. The number of ketones is 2. The standard InChI is InChI=1S/C56H68F2N4O12/c1-31(2)45(59)55(69)71-25-13-23-43(63)39-27-33-15-5-9-19-37(33)47(39)61-53(67)51(73-29-35-17-7-11-21-41(35)57)49(65)50(66)52(74-30-36-18-8-12-22-42(36)58)54(68)62-48-38-20-10-6-16-34(38)28-40(48)44(64)24-14-26-72-56(70)46(60)32(3)4/h5-12,15-22,31-32,39-40,45-52,65-66H,13-14,23-30,59-60H2,1-4H3,(H,61,67)(H,62,68)/t39-,40-,45-,46-,47+,48+,49+,50+,51+,52+/m0/s1. The summed E-state index contributed by atoms with van der Waals surface area (Å²) >= 11 is 0. The number of amides is 2. The molecule has 2 aliphatic rings. The number of carbonyl (C=O) groups excluding carboxylic acids is 6. The van der Waals surface area contributed by atoms with Crippen LogP contribution in [-0.4, -0.2) is 95.2 Å². The minimum Gasteiger partial charge on any atom is -0.465 e. The summed E-state index contributed by atoms with van der Waals surface area (Å²) in [5, 5.41) is 30.0. The summed E-state index contributed by atoms with van der Waals surface area (Å²) in [6.07, 6.45) is -8.00. The quantitative estimate of drug-likeness (QED) is 0.0341. The first-order valence-electron chi connectivity index (χ1n) is 25.1. The lowest BCUT2D eigenvalue weighted by atomic mass is 9.92. The van der Waals surface area contributed by atoms with Crippen LogP contribution in [-0.2, 0) is 73.8 Å². The molecule has 0 fully saturated rings. The summed E-state index contributed by atoms with van der Waals surface area (Å²) in [4.78, 5) is 82.0. The van der Waals surface area contributed by atoms with E-state index in [0.717, 1.165) is 11.1 Å². The van der Waals surface area contributed by atoms with E-state index in [0.29, 0.717) is 11.1 Å². The zero-order chi connectivity index (χ0) is 53.6. The highest BCUT2D eigenvalue weighted by atomic mass is 19.1. The smallest absolute Gasteiger partial charge is 0.323 e. The molecule has 0 radical (unpaired) electrons. The first-order chi connectivity index (χ1) is 35.4. The van der Waals surface area contributed by atoms with Crippen molar-refractivity contribution in [2.24, 2.45) is 35.1 Å². The Morgan fingerprint density at radius 1 is 0.568 bits per heavy atom. The van der Waals surface area contributed by atoms with Gasteiger partial charge in [0.25, 0.3) is 11.8 Å². The SMILES string of the molecule is CC(C)[C@H](N)C(=O)OCCCC(=O)[C@@H]1Cc2ccccc2[C@H]1NC(=O)[C@H](OCc1ccccc1F)[C@H](O)[C@@H](O)[C@@H](OCc1ccccc1F)C(=O)N[C@@H]1c2ccccc2C[C@H]1C(=O)CCCOC(=O)[C@@H](N)C(C)C. The number of halogens is 2. The number of nitrogens with two attached hydrogens (primary N) is 2. The van der Waals surface area contributed by atoms with Crippen LogP contribution in [0.5, 0.6) is 0 Å². The summed E-state index contributed by atoms with van der Waals surface area (Å²) in [7, 11) is 0. The Morgan fingerprint density at radius 2 is 0.919 bits per heavy atom. The number of esters is 2. The van der Waals surface area contributed by atoms with Crippen molar-refractivity contribution in [1.29, 1.82) is 0 Å². The predicted molar refractivity (Wildman–Crippen MR) is 267 cm³/mol. The fraction of sp³-hybridized carbons (Fsp3) is 0.464. The third-order valence-electron chi connectivity index (χ3n) is 13.7. The van der Waals surface area contributed by atoms with Gasteiger partial charge >= 0.3 is 11.9 Å². The number of rotatable bonds is 27. The van der Waals surface area contributed by atoms with Gasteiger partial charge in [-0.25, -0.2) is 8.78 Å². The molecule has 0 unspecified atom stereocenters. The number of Topliss-reactive ketones (excluding diaryl/α,β-unsaturated/α-hetero) is 2. The third-order valence-corrected chi connectivity index (χ3v) is 13.7. The maximum absolute atomic E-state index is 15.1. The van der Waals surface area contributed by atoms with Gasteiger partial charge in [-0.15, -0.1) is 0 Å². The summed E-state index contributed by atoms with van der Waals surface area (Å²) in [6.45, 7) is 5.79. The van der Waals surface area contributed by atoms with Gasteiger partial charge in [0.2, 0.25) is 0 Å². The summed E-state index contributed by atoms with van der Waals surface area (Å²) < 4.78 is 52.7. The van der Waals surface area contributed by atoms with Gasteiger partial charge in [-0.1, -0.05) is 113 Å². The average Bonchev–Trinajstić information content (AvgIpc) is 3.94. The number of carbonyl (C=O) groups is 6. The second-order valence-electron chi connectivity index (χ2n) is 19.6. The van der Waals surface area contributed by atoms with Crippen molar-refractivity contribution in [2.45, 2.75) is 128 Å². The monoisotopic (exact) mass is 1030 g/mol. The second kappa shape index (κ2) is 26.8. The molecule has 8 N–H and O–H groups in total. The lowest BCUT2D eigenvalue weighted by molar-refractivity contribution is -0.171. The molecule has 0 spiro atoms. The van der Waals surface area contributed by atoms with Crippen LogP contribution in [0.15, 0.2) is 97.1 Å². The van der Waals surface area contributed by atoms with E-state index < -0.39 is 109 Å². The first-order valence-corrected chi connectivity index (χ1v) is 25.1. The van der Waals surface area contributed by atoms with E-state index in [9.17, 15) is 39.0 Å². The van der Waals surface area contributed by atoms with Crippen molar-refractivity contribution < 1.29 is 66.7 Å². The van der Waals surface area contributed by atoms with E-state index in [1.54, 1.807) is 76.2 Å². The molecule has 16 nitrogen and oxygen atoms in total. The highest BCUT2D eigenvalue weighted by molar-refractivity contribution is 5.88. The highest BCUT2D eigenvalue weighted by Gasteiger charge is 2.46. The molecule has 6 rings (SSSR count). The van der Waals surface area contributed by atoms with Crippen LogP contribution in [0.2, 0.25) is 0 Å². The fourth-order valence-electron chi connectivity index (χ4n) is 9.17. The molecular formula is C56H68F2N4O12. The minimum atomic E-state index is -2.31. The summed E-state index contributed by atoms with van der Waals surface area (Å²) in [5.74, 6) is -7.15. The molecule has 0 saturated heterocycles. The predicted octanol–water partition coefficient (Wildman–Crippen LogP) is 4.97. The molecule has 0 aromatic heterocycles. The van der Waals surface area contributed by atoms with Gasteiger partial charge in [0.05, 0.1) is 38.5 Å². The van der Waals surface area contributed by atoms with Gasteiger partial charge < -0.3 is 51.3 Å². The molecule has 4 aromatic carbocycles. The molecule has 18 heteroatoms. The molecule has 0 saturated carbocycles. The van der Waals surface area contributed by atoms with Crippen molar-refractivity contribution in [3.63, 3.8) is 0 Å². The molecular weight excluding hydrogens is 959 g/mol. The number of nitrogens with one attached hydrogen (secondary N) is 2. The average molecular weight is 1030 g/mol. The number of benzene rings is 4. The first kappa shape index (κ1) is 57.0. The normalized spacial score (nSPS) is 19.4. The molecule has 2 amide bonds. The van der Waals surface area contributed by atoms with Crippen LogP contribution < -0.4 is 22.1 Å². The Bertz CT molecular complexity index is 2420. The van der Waals surface area contributed by atoms with Crippen LogP contribution in [0.3, 0.4) is 0 Å². The lowest BCUT2D eigenvalue weighted by Gasteiger charge is -2.33. The zero-order valence-electron chi connectivity index (χ0n) is 42.1. The largest absolute Gasteiger partial charge is 0.465 e. The number of hydrogen-bond donors (Lipinski definition) is 6. The Labute approximate surface area is 429 Å². The van der Waals surface area contributed by atoms with Crippen molar-refractivity contribution in [3.8, 4) is 0 Å². The van der Waals surface area contributed by atoms with Crippen LogP contribution in [0, 0.1) is 35.3 Å². The maximum atomic E-state index is 15.1. The molecule has 0 bridgehead atoms. The van der Waals surface area contributed by atoms with E-state index in [1.165, 1.54) is 48.5 Å². The topological polar surface area (TPSA) is 256 Å². The van der Waals surface area contributed by atoms with Gasteiger partial charge in [0.15, 0.2) is 12.2 Å². The highest BCUT2D eigenvalue weighted by Crippen LogP contribution is 2.39. The molecule has 74 heavy (non-hydrogen) atoms. The Kier molecular flexibility index (Phi) is 20.6. The van der Waals surface area contributed by atoms with Gasteiger partial charge in [0.1, 0.15) is 47.5 Å². The van der Waals surface area contributed by atoms with E-state index >= 15 is 8.78 Å². The number of hydrogen-bond acceptors (Lipinski definition) is 14. The fourth-order valence-corrected chi connectivity index (χ4v) is 9.17. The van der Waals surface area contributed by atoms with Crippen LogP contribution in [0.1, 0.15) is 98.8 Å². The van der Waals surface area contributed by atoms with Crippen LogP contribution in [0.25, 0.3) is 0 Å². The van der Waals surface area contributed by atoms with Crippen molar-refractivity contribution in [3.05, 3.63) is 142 Å². The molecule has 0 aliphatic heterocycles. The number of aliphatic hydroxyl groups is 2. The Morgan fingerprint density at radius 3 is 1.28 bits per heavy atom. The third kappa shape index (κ3) is 14.5. The summed E-state index contributed by atoms with van der Waals surface area (Å²) in [5.41, 5.74) is 14.5. The lowest BCUT2D eigenvalue weighted by Crippen LogP contribution is -2.57. The van der Waals surface area contributed by atoms with E-state index in [-0.39, 0.29) is 86.3 Å². The molecule has 4 aromatic rings. The van der Waals surface area contributed by atoms with Crippen LogP contribution in [0.4, 0.5) is 8.78 Å². The maximum Gasteiger partial charge on any atom is 0.323 e. The molecule has 2 aliphatic carbocycles. The minimum absolute atomic E-state index is 0.0145. The van der Waals surface area contributed by atoms with E-state index in [2.05, 4.69) is 10.6 Å². The van der Waals surface area contributed by atoms with E-state index in [1.807, 2.05) is 0 Å². The van der Waals surface area contributed by atoms with Crippen molar-refractivity contribution >= 4 is 35.3 Å². The van der Waals surface area contributed by atoms with Gasteiger partial charge in [-0.05, 0) is 71.9 Å². The van der Waals surface area contributed by atoms with Crippen molar-refractivity contribution in [2.75, 3.05) is 13.2 Å². The molecule has 0 heterocycles. The van der Waals surface area contributed by atoms with E-state index in [4.69, 9.17) is 30.4 Å². The van der Waals surface area contributed by atoms with Crippen LogP contribution >= 0.6 is 0 Å². The van der Waals surface area contributed by atoms with Gasteiger partial charge in [-0.3, -0.25) is 28.8 Å². The number of ether oxygens (including phenoxy) is 4. The molecule has 398 valence electrons.